The third-order valence-electron chi connectivity index (χ3n) is 3.33. The average Bonchev–Trinajstić information content (AvgIpc) is 2.47. The normalized spacial score (nSPS) is 14.1. The van der Waals surface area contributed by atoms with E-state index in [2.05, 4.69) is 34.1 Å². The molecular formula is C15H14N2S. The van der Waals surface area contributed by atoms with Crippen LogP contribution in [0.1, 0.15) is 16.7 Å². The number of rotatable bonds is 1. The van der Waals surface area contributed by atoms with Crippen molar-refractivity contribution in [2.75, 3.05) is 6.54 Å². The van der Waals surface area contributed by atoms with Crippen molar-refractivity contribution in [2.24, 2.45) is 0 Å². The van der Waals surface area contributed by atoms with Crippen LogP contribution < -0.4 is 0 Å². The van der Waals surface area contributed by atoms with E-state index in [9.17, 15) is 0 Å². The molecule has 3 heteroatoms. The molecule has 90 valence electrons. The summed E-state index contributed by atoms with van der Waals surface area (Å²) in [4.78, 5) is 7.29. The second-order valence-corrected chi connectivity index (χ2v) is 4.87. The largest absolute Gasteiger partial charge is 0.358 e. The summed E-state index contributed by atoms with van der Waals surface area (Å²) in [5, 5.41) is 0. The molecule has 2 heterocycles. The van der Waals surface area contributed by atoms with E-state index in [1.54, 1.807) is 6.20 Å². The zero-order valence-corrected chi connectivity index (χ0v) is 10.9. The molecule has 18 heavy (non-hydrogen) atoms. The van der Waals surface area contributed by atoms with Gasteiger partial charge in [-0.15, -0.1) is 0 Å². The zero-order chi connectivity index (χ0) is 12.4. The van der Waals surface area contributed by atoms with Gasteiger partial charge < -0.3 is 4.90 Å². The van der Waals surface area contributed by atoms with E-state index in [1.807, 2.05) is 18.3 Å². The van der Waals surface area contributed by atoms with Crippen LogP contribution in [0.25, 0.3) is 0 Å². The molecule has 0 radical (unpaired) electrons. The van der Waals surface area contributed by atoms with Gasteiger partial charge in [-0.3, -0.25) is 4.98 Å². The first-order valence-electron chi connectivity index (χ1n) is 6.11. The number of hydrogen-bond acceptors (Lipinski definition) is 2. The third-order valence-corrected chi connectivity index (χ3v) is 3.82. The molecular weight excluding hydrogens is 240 g/mol. The van der Waals surface area contributed by atoms with Crippen LogP contribution in [-0.4, -0.2) is 21.4 Å². The molecule has 3 rings (SSSR count). The molecule has 0 N–H and O–H groups in total. The van der Waals surface area contributed by atoms with Gasteiger partial charge in [-0.05, 0) is 29.7 Å². The molecule has 0 fully saturated rings. The molecule has 0 unspecified atom stereocenters. The van der Waals surface area contributed by atoms with Crippen LogP contribution >= 0.6 is 12.2 Å². The molecule has 0 bridgehead atoms. The summed E-state index contributed by atoms with van der Waals surface area (Å²) in [7, 11) is 0. The lowest BCUT2D eigenvalue weighted by molar-refractivity contribution is 0.401. The first-order chi connectivity index (χ1) is 8.84. The Kier molecular flexibility index (Phi) is 3.07. The molecule has 0 aliphatic carbocycles. The van der Waals surface area contributed by atoms with Gasteiger partial charge in [0, 0.05) is 31.0 Å². The standard InChI is InChI=1S/C15H14N2S/c18-15(13-6-3-8-16-10-13)17-9-7-12-4-1-2-5-14(12)11-17/h1-6,8,10H,7,9,11H2. The van der Waals surface area contributed by atoms with Gasteiger partial charge in [0.25, 0.3) is 0 Å². The quantitative estimate of drug-likeness (QED) is 0.728. The molecule has 0 spiro atoms. The van der Waals surface area contributed by atoms with E-state index in [-0.39, 0.29) is 0 Å². The second kappa shape index (κ2) is 4.86. The Labute approximate surface area is 112 Å². The van der Waals surface area contributed by atoms with Crippen molar-refractivity contribution in [3.63, 3.8) is 0 Å². The van der Waals surface area contributed by atoms with Crippen LogP contribution in [0, 0.1) is 0 Å². The Balaban J connectivity index is 1.82. The topological polar surface area (TPSA) is 16.1 Å². The second-order valence-electron chi connectivity index (χ2n) is 4.49. The molecule has 2 nitrogen and oxygen atoms in total. The molecule has 1 aliphatic rings. The highest BCUT2D eigenvalue weighted by Gasteiger charge is 2.18. The van der Waals surface area contributed by atoms with Gasteiger partial charge in [-0.2, -0.15) is 0 Å². The average molecular weight is 254 g/mol. The molecule has 0 amide bonds. The summed E-state index contributed by atoms with van der Waals surface area (Å²) >= 11 is 5.56. The van der Waals surface area contributed by atoms with Crippen molar-refractivity contribution in [1.82, 2.24) is 9.88 Å². The molecule has 0 atom stereocenters. The van der Waals surface area contributed by atoms with Crippen LogP contribution in [0.3, 0.4) is 0 Å². The summed E-state index contributed by atoms with van der Waals surface area (Å²) < 4.78 is 0. The van der Waals surface area contributed by atoms with E-state index in [4.69, 9.17) is 12.2 Å². The minimum absolute atomic E-state index is 0.901. The SMILES string of the molecule is S=C(c1cccnc1)N1CCc2ccccc2C1. The van der Waals surface area contributed by atoms with Gasteiger partial charge >= 0.3 is 0 Å². The lowest BCUT2D eigenvalue weighted by atomic mass is 9.99. The Morgan fingerprint density at radius 1 is 1.11 bits per heavy atom. The number of aromatic nitrogens is 1. The Bertz CT molecular complexity index is 566. The maximum absolute atomic E-state index is 5.56. The fourth-order valence-corrected chi connectivity index (χ4v) is 2.62. The van der Waals surface area contributed by atoms with Crippen LogP contribution in [-0.2, 0) is 13.0 Å². The van der Waals surface area contributed by atoms with E-state index in [0.29, 0.717) is 0 Å². The number of nitrogens with zero attached hydrogens (tertiary/aromatic N) is 2. The van der Waals surface area contributed by atoms with Gasteiger partial charge in [0.15, 0.2) is 0 Å². The summed E-state index contributed by atoms with van der Waals surface area (Å²) in [6, 6.07) is 12.5. The molecule has 1 aromatic heterocycles. The van der Waals surface area contributed by atoms with Crippen molar-refractivity contribution in [2.45, 2.75) is 13.0 Å². The Morgan fingerprint density at radius 3 is 2.72 bits per heavy atom. The molecule has 0 saturated heterocycles. The van der Waals surface area contributed by atoms with Gasteiger partial charge in [0.05, 0.1) is 0 Å². The van der Waals surface area contributed by atoms with Gasteiger partial charge in [0.1, 0.15) is 4.99 Å². The first kappa shape index (κ1) is 11.4. The van der Waals surface area contributed by atoms with Crippen molar-refractivity contribution < 1.29 is 0 Å². The third kappa shape index (κ3) is 2.14. The summed E-state index contributed by atoms with van der Waals surface area (Å²) in [5.74, 6) is 0. The lowest BCUT2D eigenvalue weighted by Gasteiger charge is -2.30. The van der Waals surface area contributed by atoms with Crippen LogP contribution in [0.15, 0.2) is 48.8 Å². The number of benzene rings is 1. The molecule has 0 saturated carbocycles. The van der Waals surface area contributed by atoms with E-state index >= 15 is 0 Å². The first-order valence-corrected chi connectivity index (χ1v) is 6.51. The molecule has 1 aliphatic heterocycles. The summed E-state index contributed by atoms with van der Waals surface area (Å²) in [6.07, 6.45) is 4.68. The smallest absolute Gasteiger partial charge is 0.111 e. The van der Waals surface area contributed by atoms with Crippen molar-refractivity contribution >= 4 is 17.2 Å². The minimum Gasteiger partial charge on any atom is -0.358 e. The van der Waals surface area contributed by atoms with E-state index < -0.39 is 0 Å². The predicted octanol–water partition coefficient (Wildman–Crippen LogP) is 2.82. The molecule has 2 aromatic rings. The van der Waals surface area contributed by atoms with Gasteiger partial charge in [0.2, 0.25) is 0 Å². The number of thiocarbonyl (C=S) groups is 1. The summed E-state index contributed by atoms with van der Waals surface area (Å²) in [5.41, 5.74) is 3.87. The van der Waals surface area contributed by atoms with Crippen LogP contribution in [0.2, 0.25) is 0 Å². The maximum Gasteiger partial charge on any atom is 0.111 e. The highest BCUT2D eigenvalue weighted by Crippen LogP contribution is 2.20. The van der Waals surface area contributed by atoms with Gasteiger partial charge in [-0.1, -0.05) is 36.5 Å². The molecule has 1 aromatic carbocycles. The minimum atomic E-state index is 0.901. The van der Waals surface area contributed by atoms with Crippen molar-refractivity contribution in [3.05, 3.63) is 65.5 Å². The number of hydrogen-bond donors (Lipinski definition) is 0. The number of fused-ring (bicyclic) bond motifs is 1. The van der Waals surface area contributed by atoms with Crippen LogP contribution in [0.4, 0.5) is 0 Å². The predicted molar refractivity (Wildman–Crippen MR) is 76.5 cm³/mol. The Morgan fingerprint density at radius 2 is 1.94 bits per heavy atom. The highest BCUT2D eigenvalue weighted by atomic mass is 32.1. The Hall–Kier alpha value is -1.74. The van der Waals surface area contributed by atoms with Crippen molar-refractivity contribution in [3.8, 4) is 0 Å². The zero-order valence-electron chi connectivity index (χ0n) is 10.0. The van der Waals surface area contributed by atoms with Gasteiger partial charge in [-0.25, -0.2) is 0 Å². The highest BCUT2D eigenvalue weighted by molar-refractivity contribution is 7.80. The fourth-order valence-electron chi connectivity index (χ4n) is 2.34. The fraction of sp³-hybridized carbons (Fsp3) is 0.200. The summed E-state index contributed by atoms with van der Waals surface area (Å²) in [6.45, 7) is 1.90. The van der Waals surface area contributed by atoms with E-state index in [1.165, 1.54) is 11.1 Å². The van der Waals surface area contributed by atoms with E-state index in [0.717, 1.165) is 30.1 Å². The van der Waals surface area contributed by atoms with Crippen molar-refractivity contribution in [1.29, 1.82) is 0 Å². The van der Waals surface area contributed by atoms with Crippen LogP contribution in [0.5, 0.6) is 0 Å². The number of pyridine rings is 1. The maximum atomic E-state index is 5.56. The lowest BCUT2D eigenvalue weighted by Crippen LogP contribution is -2.35. The monoisotopic (exact) mass is 254 g/mol.